The number of carbonyl (C=O) groups is 1. The van der Waals surface area contributed by atoms with Crippen LogP contribution in [0.5, 0.6) is 5.75 Å². The zero-order chi connectivity index (χ0) is 13.0. The monoisotopic (exact) mass is 249 g/mol. The second-order valence-corrected chi connectivity index (χ2v) is 2.94. The van der Waals surface area contributed by atoms with Crippen LogP contribution in [0.4, 0.5) is 13.2 Å². The molecule has 94 valence electrons. The van der Waals surface area contributed by atoms with E-state index in [0.717, 1.165) is 13.2 Å². The molecule has 1 rings (SSSR count). The molecule has 0 saturated heterocycles. The van der Waals surface area contributed by atoms with Crippen molar-refractivity contribution in [3.63, 3.8) is 0 Å². The van der Waals surface area contributed by atoms with Crippen molar-refractivity contribution < 1.29 is 27.4 Å². The normalized spacial score (nSPS) is 10.5. The van der Waals surface area contributed by atoms with Gasteiger partial charge in [0, 0.05) is 0 Å². The quantitative estimate of drug-likeness (QED) is 0.607. The van der Waals surface area contributed by atoms with E-state index in [4.69, 9.17) is 0 Å². The summed E-state index contributed by atoms with van der Waals surface area (Å²) in [6.07, 6.45) is -2.98. The highest BCUT2D eigenvalue weighted by Gasteiger charge is 2.23. The van der Waals surface area contributed by atoms with Gasteiger partial charge in [-0.1, -0.05) is 0 Å². The summed E-state index contributed by atoms with van der Waals surface area (Å²) in [5.74, 6) is -2.71. The standard InChI is InChI=1S/C10H10F3NO3/c1-3-17-10(15)5-4-6(8(11)12)14-9(13)7(5)16-2/h4,8H,3H2,1-2H3. The van der Waals surface area contributed by atoms with Crippen molar-refractivity contribution in [2.45, 2.75) is 13.3 Å². The van der Waals surface area contributed by atoms with Crippen LogP contribution in [0.3, 0.4) is 0 Å². The molecule has 0 spiro atoms. The highest BCUT2D eigenvalue weighted by molar-refractivity contribution is 5.92. The molecule has 0 aromatic carbocycles. The number of pyridine rings is 1. The molecule has 0 atom stereocenters. The lowest BCUT2D eigenvalue weighted by atomic mass is 10.2. The van der Waals surface area contributed by atoms with Crippen molar-refractivity contribution >= 4 is 5.97 Å². The lowest BCUT2D eigenvalue weighted by Crippen LogP contribution is -2.10. The molecular formula is C10H10F3NO3. The number of aromatic nitrogens is 1. The number of alkyl halides is 2. The second-order valence-electron chi connectivity index (χ2n) is 2.94. The van der Waals surface area contributed by atoms with Crippen LogP contribution in [0.1, 0.15) is 29.4 Å². The molecule has 0 aliphatic heterocycles. The molecule has 1 heterocycles. The third-order valence-corrected chi connectivity index (χ3v) is 1.87. The Balaban J connectivity index is 3.28. The zero-order valence-corrected chi connectivity index (χ0v) is 9.17. The van der Waals surface area contributed by atoms with Gasteiger partial charge in [-0.3, -0.25) is 0 Å². The van der Waals surface area contributed by atoms with Crippen LogP contribution in [-0.4, -0.2) is 24.7 Å². The van der Waals surface area contributed by atoms with Crippen LogP contribution in [0.15, 0.2) is 6.07 Å². The third-order valence-electron chi connectivity index (χ3n) is 1.87. The first-order chi connectivity index (χ1) is 8.01. The third kappa shape index (κ3) is 2.86. The summed E-state index contributed by atoms with van der Waals surface area (Å²) in [6, 6.07) is 0.755. The molecule has 1 aromatic heterocycles. The van der Waals surface area contributed by atoms with Gasteiger partial charge < -0.3 is 9.47 Å². The zero-order valence-electron chi connectivity index (χ0n) is 9.17. The summed E-state index contributed by atoms with van der Waals surface area (Å²) in [5, 5.41) is 0. The average Bonchev–Trinajstić information content (AvgIpc) is 2.28. The Morgan fingerprint density at radius 2 is 2.18 bits per heavy atom. The number of hydrogen-bond donors (Lipinski definition) is 0. The minimum absolute atomic E-state index is 0.0376. The van der Waals surface area contributed by atoms with Gasteiger partial charge in [-0.2, -0.15) is 4.39 Å². The molecule has 4 nitrogen and oxygen atoms in total. The van der Waals surface area contributed by atoms with Gasteiger partial charge in [-0.25, -0.2) is 18.6 Å². The molecule has 0 N–H and O–H groups in total. The van der Waals surface area contributed by atoms with E-state index in [1.807, 2.05) is 0 Å². The minimum Gasteiger partial charge on any atom is -0.491 e. The number of rotatable bonds is 4. The van der Waals surface area contributed by atoms with Crippen LogP contribution in [0.25, 0.3) is 0 Å². The largest absolute Gasteiger partial charge is 0.491 e. The smallest absolute Gasteiger partial charge is 0.342 e. The van der Waals surface area contributed by atoms with Gasteiger partial charge in [0.05, 0.1) is 13.7 Å². The van der Waals surface area contributed by atoms with Gasteiger partial charge in [-0.05, 0) is 13.0 Å². The predicted molar refractivity (Wildman–Crippen MR) is 51.7 cm³/mol. The van der Waals surface area contributed by atoms with Crippen molar-refractivity contribution in [3.8, 4) is 5.75 Å². The van der Waals surface area contributed by atoms with Crippen LogP contribution < -0.4 is 4.74 Å². The Hall–Kier alpha value is -1.79. The number of halogens is 3. The van der Waals surface area contributed by atoms with E-state index in [-0.39, 0.29) is 6.61 Å². The van der Waals surface area contributed by atoms with E-state index >= 15 is 0 Å². The maximum atomic E-state index is 13.3. The van der Waals surface area contributed by atoms with Gasteiger partial charge >= 0.3 is 5.97 Å². The van der Waals surface area contributed by atoms with E-state index in [2.05, 4.69) is 14.5 Å². The number of esters is 1. The fourth-order valence-electron chi connectivity index (χ4n) is 1.19. The first kappa shape index (κ1) is 13.3. The summed E-state index contributed by atoms with van der Waals surface area (Å²) < 4.78 is 47.3. The first-order valence-electron chi connectivity index (χ1n) is 4.71. The van der Waals surface area contributed by atoms with E-state index in [1.54, 1.807) is 0 Å². The van der Waals surface area contributed by atoms with Crippen molar-refractivity contribution in [2.75, 3.05) is 13.7 Å². The molecule has 0 saturated carbocycles. The molecule has 0 radical (unpaired) electrons. The van der Waals surface area contributed by atoms with E-state index in [9.17, 15) is 18.0 Å². The lowest BCUT2D eigenvalue weighted by molar-refractivity contribution is 0.0520. The van der Waals surface area contributed by atoms with Crippen LogP contribution in [-0.2, 0) is 4.74 Å². The van der Waals surface area contributed by atoms with Gasteiger partial charge in [0.2, 0.25) is 0 Å². The maximum absolute atomic E-state index is 13.3. The number of hydrogen-bond acceptors (Lipinski definition) is 4. The molecule has 0 fully saturated rings. The average molecular weight is 249 g/mol. The lowest BCUT2D eigenvalue weighted by Gasteiger charge is -2.10. The molecule has 0 unspecified atom stereocenters. The van der Waals surface area contributed by atoms with Gasteiger partial charge in [-0.15, -0.1) is 0 Å². The molecule has 0 amide bonds. The van der Waals surface area contributed by atoms with Crippen molar-refractivity contribution in [1.29, 1.82) is 0 Å². The topological polar surface area (TPSA) is 48.4 Å². The van der Waals surface area contributed by atoms with E-state index < -0.39 is 35.3 Å². The Kier molecular flexibility index (Phi) is 4.30. The molecule has 7 heteroatoms. The summed E-state index contributed by atoms with van der Waals surface area (Å²) in [6.45, 7) is 1.58. The van der Waals surface area contributed by atoms with Gasteiger partial charge in [0.1, 0.15) is 11.3 Å². The summed E-state index contributed by atoms with van der Waals surface area (Å²) >= 11 is 0. The Morgan fingerprint density at radius 3 is 2.65 bits per heavy atom. The molecular weight excluding hydrogens is 239 g/mol. The Bertz CT molecular complexity index is 424. The Labute approximate surface area is 95.4 Å². The summed E-state index contributed by atoms with van der Waals surface area (Å²) in [7, 11) is 1.10. The van der Waals surface area contributed by atoms with Crippen LogP contribution in [0, 0.1) is 5.95 Å². The number of ether oxygens (including phenoxy) is 2. The minimum atomic E-state index is -2.98. The highest BCUT2D eigenvalue weighted by Crippen LogP contribution is 2.27. The number of nitrogens with zero attached hydrogens (tertiary/aromatic N) is 1. The first-order valence-corrected chi connectivity index (χ1v) is 4.71. The number of methoxy groups -OCH3 is 1. The second kappa shape index (κ2) is 5.51. The molecule has 0 aliphatic carbocycles. The number of carbonyl (C=O) groups excluding carboxylic acids is 1. The van der Waals surface area contributed by atoms with Crippen molar-refractivity contribution in [1.82, 2.24) is 4.98 Å². The predicted octanol–water partition coefficient (Wildman–Crippen LogP) is 2.34. The molecule has 0 aliphatic rings. The van der Waals surface area contributed by atoms with E-state index in [0.29, 0.717) is 0 Å². The fraction of sp³-hybridized carbons (Fsp3) is 0.400. The summed E-state index contributed by atoms with van der Waals surface area (Å²) in [5.41, 5.74) is -1.25. The van der Waals surface area contributed by atoms with Crippen LogP contribution in [0.2, 0.25) is 0 Å². The fourth-order valence-corrected chi connectivity index (χ4v) is 1.19. The maximum Gasteiger partial charge on any atom is 0.342 e. The molecule has 0 bridgehead atoms. The van der Waals surface area contributed by atoms with E-state index in [1.165, 1.54) is 6.92 Å². The van der Waals surface area contributed by atoms with Crippen molar-refractivity contribution in [3.05, 3.63) is 23.3 Å². The van der Waals surface area contributed by atoms with Crippen molar-refractivity contribution in [2.24, 2.45) is 0 Å². The summed E-state index contributed by atoms with van der Waals surface area (Å²) in [4.78, 5) is 14.4. The van der Waals surface area contributed by atoms with Crippen LogP contribution >= 0.6 is 0 Å². The van der Waals surface area contributed by atoms with Gasteiger partial charge in [0.25, 0.3) is 12.4 Å². The SMILES string of the molecule is CCOC(=O)c1cc(C(F)F)nc(F)c1OC. The Morgan fingerprint density at radius 1 is 1.53 bits per heavy atom. The van der Waals surface area contributed by atoms with Gasteiger partial charge in [0.15, 0.2) is 5.75 Å². The molecule has 17 heavy (non-hydrogen) atoms. The highest BCUT2D eigenvalue weighted by atomic mass is 19.3. The molecule has 1 aromatic rings.